The van der Waals surface area contributed by atoms with E-state index in [4.69, 9.17) is 0 Å². The van der Waals surface area contributed by atoms with Crippen molar-refractivity contribution >= 4 is 17.8 Å². The standard InChI is InChI=1S/C21H31N5O2/c27-20(24-10-2-1-3-11-24)17-6-9-22-19(16-17)23-18-7-14-26(15-8-18)21(28)25-12-4-5-13-25/h6,9,16,18H,1-5,7-8,10-15H2,(H,22,23). The van der Waals surface area contributed by atoms with Gasteiger partial charge in [0.2, 0.25) is 0 Å². The van der Waals surface area contributed by atoms with Gasteiger partial charge in [-0.1, -0.05) is 0 Å². The molecule has 0 bridgehead atoms. The van der Waals surface area contributed by atoms with Gasteiger partial charge in [0.05, 0.1) is 0 Å². The van der Waals surface area contributed by atoms with E-state index in [-0.39, 0.29) is 18.0 Å². The average molecular weight is 386 g/mol. The summed E-state index contributed by atoms with van der Waals surface area (Å²) >= 11 is 0. The molecular weight excluding hydrogens is 354 g/mol. The van der Waals surface area contributed by atoms with E-state index in [0.717, 1.165) is 83.6 Å². The van der Waals surface area contributed by atoms with E-state index in [1.54, 1.807) is 12.3 Å². The zero-order chi connectivity index (χ0) is 19.3. The van der Waals surface area contributed by atoms with E-state index in [9.17, 15) is 9.59 Å². The lowest BCUT2D eigenvalue weighted by molar-refractivity contribution is 0.0724. The number of aromatic nitrogens is 1. The second-order valence-corrected chi connectivity index (χ2v) is 8.17. The molecule has 3 saturated heterocycles. The molecule has 3 fully saturated rings. The Labute approximate surface area is 167 Å². The van der Waals surface area contributed by atoms with Gasteiger partial charge >= 0.3 is 6.03 Å². The quantitative estimate of drug-likeness (QED) is 0.869. The Balaban J connectivity index is 1.30. The SMILES string of the molecule is O=C(c1ccnc(NC2CCN(C(=O)N3CCCC3)CC2)c1)N1CCCCC1. The first-order valence-electron chi connectivity index (χ1n) is 10.8. The Morgan fingerprint density at radius 1 is 0.857 bits per heavy atom. The van der Waals surface area contributed by atoms with Crippen LogP contribution >= 0.6 is 0 Å². The van der Waals surface area contributed by atoms with E-state index < -0.39 is 0 Å². The highest BCUT2D eigenvalue weighted by Crippen LogP contribution is 2.20. The summed E-state index contributed by atoms with van der Waals surface area (Å²) in [5.74, 6) is 0.864. The summed E-state index contributed by atoms with van der Waals surface area (Å²) in [7, 11) is 0. The van der Waals surface area contributed by atoms with Gasteiger partial charge in [-0.2, -0.15) is 0 Å². The van der Waals surface area contributed by atoms with Crippen LogP contribution in [0.1, 0.15) is 55.3 Å². The van der Waals surface area contributed by atoms with Gasteiger partial charge in [-0.25, -0.2) is 9.78 Å². The Hall–Kier alpha value is -2.31. The second kappa shape index (κ2) is 8.80. The molecule has 0 radical (unpaired) electrons. The molecule has 0 saturated carbocycles. The zero-order valence-corrected chi connectivity index (χ0v) is 16.6. The minimum Gasteiger partial charge on any atom is -0.367 e. The first-order valence-corrected chi connectivity index (χ1v) is 10.8. The number of likely N-dealkylation sites (tertiary alicyclic amines) is 3. The number of hydrogen-bond acceptors (Lipinski definition) is 4. The number of hydrogen-bond donors (Lipinski definition) is 1. The molecule has 3 aliphatic rings. The van der Waals surface area contributed by atoms with Crippen molar-refractivity contribution < 1.29 is 9.59 Å². The molecule has 7 heteroatoms. The van der Waals surface area contributed by atoms with Crippen LogP contribution in [-0.2, 0) is 0 Å². The van der Waals surface area contributed by atoms with Gasteiger partial charge in [-0.3, -0.25) is 4.79 Å². The lowest BCUT2D eigenvalue weighted by Gasteiger charge is -2.35. The minimum absolute atomic E-state index is 0.108. The molecule has 1 aromatic rings. The molecule has 4 rings (SSSR count). The van der Waals surface area contributed by atoms with E-state index in [1.165, 1.54) is 6.42 Å². The monoisotopic (exact) mass is 385 g/mol. The van der Waals surface area contributed by atoms with Crippen LogP contribution in [0.2, 0.25) is 0 Å². The van der Waals surface area contributed by atoms with E-state index in [2.05, 4.69) is 10.3 Å². The Bertz CT molecular complexity index is 690. The van der Waals surface area contributed by atoms with Gasteiger partial charge in [0.25, 0.3) is 5.91 Å². The predicted molar refractivity (Wildman–Crippen MR) is 108 cm³/mol. The summed E-state index contributed by atoms with van der Waals surface area (Å²) in [5, 5.41) is 3.47. The first-order chi connectivity index (χ1) is 13.7. The highest BCUT2D eigenvalue weighted by Gasteiger charge is 2.28. The second-order valence-electron chi connectivity index (χ2n) is 8.17. The number of piperidine rings is 2. The van der Waals surface area contributed by atoms with Gasteiger partial charge in [0.1, 0.15) is 5.82 Å². The van der Waals surface area contributed by atoms with Crippen LogP contribution in [0.25, 0.3) is 0 Å². The topological polar surface area (TPSA) is 68.8 Å². The summed E-state index contributed by atoms with van der Waals surface area (Å²) in [6.45, 7) is 5.07. The fraction of sp³-hybridized carbons (Fsp3) is 0.667. The maximum Gasteiger partial charge on any atom is 0.319 e. The van der Waals surface area contributed by atoms with Gasteiger partial charge < -0.3 is 20.0 Å². The van der Waals surface area contributed by atoms with Gasteiger partial charge in [-0.05, 0) is 57.1 Å². The summed E-state index contributed by atoms with van der Waals surface area (Å²) in [6.07, 6.45) is 9.19. The molecule has 3 aliphatic heterocycles. The summed E-state index contributed by atoms with van der Waals surface area (Å²) in [6, 6.07) is 4.16. The van der Waals surface area contributed by atoms with Crippen LogP contribution in [0.5, 0.6) is 0 Å². The van der Waals surface area contributed by atoms with Crippen molar-refractivity contribution in [3.8, 4) is 0 Å². The number of amides is 3. The van der Waals surface area contributed by atoms with Crippen molar-refractivity contribution in [3.05, 3.63) is 23.9 Å². The number of urea groups is 1. The Morgan fingerprint density at radius 2 is 1.46 bits per heavy atom. The predicted octanol–water partition coefficient (Wildman–Crippen LogP) is 2.80. The lowest BCUT2D eigenvalue weighted by Crippen LogP contribution is -2.47. The van der Waals surface area contributed by atoms with Gasteiger partial charge in [0.15, 0.2) is 0 Å². The molecule has 7 nitrogen and oxygen atoms in total. The molecule has 0 aromatic carbocycles. The van der Waals surface area contributed by atoms with Crippen LogP contribution < -0.4 is 5.32 Å². The van der Waals surface area contributed by atoms with Gasteiger partial charge in [0, 0.05) is 57.1 Å². The number of nitrogens with zero attached hydrogens (tertiary/aromatic N) is 4. The smallest absolute Gasteiger partial charge is 0.319 e. The third-order valence-corrected chi connectivity index (χ3v) is 6.14. The normalized spacial score (nSPS) is 21.1. The molecule has 0 unspecified atom stereocenters. The Morgan fingerprint density at radius 3 is 2.18 bits per heavy atom. The number of carbonyl (C=O) groups is 2. The van der Waals surface area contributed by atoms with Crippen molar-refractivity contribution in [3.63, 3.8) is 0 Å². The molecule has 0 spiro atoms. The van der Waals surface area contributed by atoms with Crippen molar-refractivity contribution in [2.45, 2.75) is 51.0 Å². The third-order valence-electron chi connectivity index (χ3n) is 6.14. The number of carbonyl (C=O) groups excluding carboxylic acids is 2. The molecule has 152 valence electrons. The number of pyridine rings is 1. The Kier molecular flexibility index (Phi) is 5.98. The van der Waals surface area contributed by atoms with E-state index in [0.29, 0.717) is 5.56 Å². The van der Waals surface area contributed by atoms with E-state index in [1.807, 2.05) is 20.8 Å². The maximum atomic E-state index is 12.7. The van der Waals surface area contributed by atoms with Crippen LogP contribution in [0.4, 0.5) is 10.6 Å². The zero-order valence-electron chi connectivity index (χ0n) is 16.6. The fourth-order valence-electron chi connectivity index (χ4n) is 4.45. The molecular formula is C21H31N5O2. The number of rotatable bonds is 3. The minimum atomic E-state index is 0.108. The fourth-order valence-corrected chi connectivity index (χ4v) is 4.45. The van der Waals surface area contributed by atoms with Gasteiger partial charge in [-0.15, -0.1) is 0 Å². The highest BCUT2D eigenvalue weighted by atomic mass is 16.2. The van der Waals surface area contributed by atoms with Crippen LogP contribution in [0.3, 0.4) is 0 Å². The number of anilines is 1. The first kappa shape index (κ1) is 19.0. The summed E-state index contributed by atoms with van der Waals surface area (Å²) in [5.41, 5.74) is 0.709. The molecule has 1 aromatic heterocycles. The summed E-state index contributed by atoms with van der Waals surface area (Å²) < 4.78 is 0. The third kappa shape index (κ3) is 4.39. The number of nitrogens with one attached hydrogen (secondary N) is 1. The highest BCUT2D eigenvalue weighted by molar-refractivity contribution is 5.94. The average Bonchev–Trinajstić information content (AvgIpc) is 3.29. The van der Waals surface area contributed by atoms with E-state index >= 15 is 0 Å². The molecule has 4 heterocycles. The molecule has 0 atom stereocenters. The molecule has 28 heavy (non-hydrogen) atoms. The van der Waals surface area contributed by atoms with Crippen molar-refractivity contribution in [2.24, 2.45) is 0 Å². The lowest BCUT2D eigenvalue weighted by atomic mass is 10.1. The summed E-state index contributed by atoms with van der Waals surface area (Å²) in [4.78, 5) is 35.5. The molecule has 0 aliphatic carbocycles. The van der Waals surface area contributed by atoms with Crippen molar-refractivity contribution in [2.75, 3.05) is 44.6 Å². The maximum absolute atomic E-state index is 12.7. The van der Waals surface area contributed by atoms with Crippen molar-refractivity contribution in [1.29, 1.82) is 0 Å². The van der Waals surface area contributed by atoms with Crippen LogP contribution in [-0.4, -0.2) is 76.9 Å². The van der Waals surface area contributed by atoms with Crippen LogP contribution in [0.15, 0.2) is 18.3 Å². The van der Waals surface area contributed by atoms with Crippen LogP contribution in [0, 0.1) is 0 Å². The largest absolute Gasteiger partial charge is 0.367 e. The van der Waals surface area contributed by atoms with Crippen molar-refractivity contribution in [1.82, 2.24) is 19.7 Å². The molecule has 3 amide bonds. The molecule has 1 N–H and O–H groups in total.